The van der Waals surface area contributed by atoms with E-state index in [2.05, 4.69) is 10.6 Å². The highest BCUT2D eigenvalue weighted by Gasteiger charge is 2.10. The molecule has 0 aliphatic rings. The van der Waals surface area contributed by atoms with Gasteiger partial charge in [-0.2, -0.15) is 0 Å². The van der Waals surface area contributed by atoms with Crippen LogP contribution in [0.25, 0.3) is 0 Å². The summed E-state index contributed by atoms with van der Waals surface area (Å²) >= 11 is 5.24. The second-order valence-corrected chi connectivity index (χ2v) is 5.94. The van der Waals surface area contributed by atoms with Crippen LogP contribution < -0.4 is 15.4 Å². The number of rotatable bonds is 5. The van der Waals surface area contributed by atoms with Crippen LogP contribution in [-0.2, 0) is 0 Å². The Labute approximate surface area is 148 Å². The first kappa shape index (κ1) is 17.9. The highest BCUT2D eigenvalue weighted by Crippen LogP contribution is 2.18. The number of nitrogens with one attached hydrogen (secondary N) is 2. The normalized spacial score (nSPS) is 10.1. The lowest BCUT2D eigenvalue weighted by Crippen LogP contribution is -2.34. The molecule has 2 N–H and O–H groups in total. The predicted octanol–water partition coefficient (Wildman–Crippen LogP) is 4.22. The largest absolute Gasteiger partial charge is 0.494 e. The molecule has 0 heterocycles. The number of hydrogen-bond acceptors (Lipinski definition) is 3. The first-order chi connectivity index (χ1) is 11.5. The van der Waals surface area contributed by atoms with E-state index in [1.165, 1.54) is 0 Å². The minimum atomic E-state index is -0.264. The van der Waals surface area contributed by atoms with Gasteiger partial charge in [0.2, 0.25) is 0 Å². The lowest BCUT2D eigenvalue weighted by molar-refractivity contribution is 0.0977. The zero-order valence-electron chi connectivity index (χ0n) is 14.2. The van der Waals surface area contributed by atoms with Crippen molar-refractivity contribution < 1.29 is 9.53 Å². The summed E-state index contributed by atoms with van der Waals surface area (Å²) in [6.45, 7) is 6.70. The molecule has 0 spiro atoms. The van der Waals surface area contributed by atoms with Crippen molar-refractivity contribution in [3.8, 4) is 5.75 Å². The maximum atomic E-state index is 12.3. The van der Waals surface area contributed by atoms with Gasteiger partial charge in [-0.1, -0.05) is 25.1 Å². The highest BCUT2D eigenvalue weighted by molar-refractivity contribution is 7.80. The Morgan fingerprint density at radius 2 is 1.92 bits per heavy atom. The van der Waals surface area contributed by atoms with Crippen LogP contribution in [0.5, 0.6) is 5.75 Å². The van der Waals surface area contributed by atoms with Gasteiger partial charge in [-0.3, -0.25) is 10.1 Å². The van der Waals surface area contributed by atoms with E-state index in [4.69, 9.17) is 17.0 Å². The van der Waals surface area contributed by atoms with E-state index in [1.807, 2.05) is 45.0 Å². The van der Waals surface area contributed by atoms with Crippen molar-refractivity contribution in [3.05, 3.63) is 59.2 Å². The predicted molar refractivity (Wildman–Crippen MR) is 102 cm³/mol. The summed E-state index contributed by atoms with van der Waals surface area (Å²) in [6.07, 6.45) is 0.917. The van der Waals surface area contributed by atoms with Gasteiger partial charge >= 0.3 is 0 Å². The van der Waals surface area contributed by atoms with E-state index in [-0.39, 0.29) is 11.0 Å². The molecular weight excluding hydrogens is 320 g/mol. The maximum Gasteiger partial charge on any atom is 0.257 e. The second kappa shape index (κ2) is 8.45. The van der Waals surface area contributed by atoms with Gasteiger partial charge in [-0.25, -0.2) is 0 Å². The Bertz CT molecular complexity index is 744. The van der Waals surface area contributed by atoms with E-state index in [1.54, 1.807) is 18.2 Å². The van der Waals surface area contributed by atoms with E-state index in [0.717, 1.165) is 23.2 Å². The fraction of sp³-hybridized carbons (Fsp3) is 0.263. The quantitative estimate of drug-likeness (QED) is 0.799. The minimum absolute atomic E-state index is 0.264. The molecule has 0 aliphatic heterocycles. The molecule has 0 atom stereocenters. The van der Waals surface area contributed by atoms with Gasteiger partial charge < -0.3 is 10.1 Å². The van der Waals surface area contributed by atoms with Crippen molar-refractivity contribution in [2.45, 2.75) is 27.2 Å². The van der Waals surface area contributed by atoms with Gasteiger partial charge in [0, 0.05) is 11.3 Å². The number of hydrogen-bond donors (Lipinski definition) is 2. The average Bonchev–Trinajstić information content (AvgIpc) is 2.57. The molecule has 5 heteroatoms. The van der Waals surface area contributed by atoms with Crippen LogP contribution in [0.15, 0.2) is 42.5 Å². The van der Waals surface area contributed by atoms with E-state index >= 15 is 0 Å². The molecule has 4 nitrogen and oxygen atoms in total. The third-order valence-corrected chi connectivity index (χ3v) is 3.85. The van der Waals surface area contributed by atoms with Crippen molar-refractivity contribution in [1.82, 2.24) is 5.32 Å². The lowest BCUT2D eigenvalue weighted by atomic mass is 10.1. The number of carbonyl (C=O) groups is 1. The smallest absolute Gasteiger partial charge is 0.257 e. The van der Waals surface area contributed by atoms with Gasteiger partial charge in [-0.05, 0) is 67.9 Å². The van der Waals surface area contributed by atoms with Crippen LogP contribution in [0.4, 0.5) is 5.69 Å². The molecule has 24 heavy (non-hydrogen) atoms. The molecule has 0 unspecified atom stereocenters. The molecule has 0 aromatic heterocycles. The number of carbonyl (C=O) groups excluding carboxylic acids is 1. The molecule has 2 aromatic rings. The van der Waals surface area contributed by atoms with Gasteiger partial charge in [0.25, 0.3) is 5.91 Å². The molecule has 0 aliphatic carbocycles. The third kappa shape index (κ3) is 4.80. The van der Waals surface area contributed by atoms with Crippen molar-refractivity contribution in [1.29, 1.82) is 0 Å². The Balaban J connectivity index is 2.01. The summed E-state index contributed by atoms with van der Waals surface area (Å²) in [7, 11) is 0. The second-order valence-electron chi connectivity index (χ2n) is 5.53. The molecule has 1 amide bonds. The Morgan fingerprint density at radius 3 is 2.67 bits per heavy atom. The molecule has 0 fully saturated rings. The minimum Gasteiger partial charge on any atom is -0.494 e. The topological polar surface area (TPSA) is 50.4 Å². The van der Waals surface area contributed by atoms with Crippen molar-refractivity contribution >= 4 is 28.9 Å². The van der Waals surface area contributed by atoms with Gasteiger partial charge in [0.1, 0.15) is 5.75 Å². The first-order valence-electron chi connectivity index (χ1n) is 7.92. The van der Waals surface area contributed by atoms with Crippen LogP contribution in [-0.4, -0.2) is 17.6 Å². The summed E-state index contributed by atoms with van der Waals surface area (Å²) in [5, 5.41) is 6.04. The molecule has 0 radical (unpaired) electrons. The standard InChI is InChI=1S/C19H22N2O2S/c1-4-11-23-16-9-6-8-15(12-16)18(22)21-19(24)20-17-10-5-7-13(2)14(17)3/h5-10,12H,4,11H2,1-3H3,(H2,20,21,22,24). The molecule has 0 bridgehead atoms. The first-order valence-corrected chi connectivity index (χ1v) is 8.33. The van der Waals surface area contributed by atoms with E-state index in [0.29, 0.717) is 17.9 Å². The third-order valence-electron chi connectivity index (χ3n) is 3.65. The maximum absolute atomic E-state index is 12.3. The monoisotopic (exact) mass is 342 g/mol. The number of anilines is 1. The fourth-order valence-electron chi connectivity index (χ4n) is 2.16. The summed E-state index contributed by atoms with van der Waals surface area (Å²) in [4.78, 5) is 12.3. The van der Waals surface area contributed by atoms with Crippen LogP contribution >= 0.6 is 12.2 Å². The number of amides is 1. The number of ether oxygens (including phenoxy) is 1. The number of aryl methyl sites for hydroxylation is 1. The molecular formula is C19H22N2O2S. The Morgan fingerprint density at radius 1 is 1.17 bits per heavy atom. The lowest BCUT2D eigenvalue weighted by Gasteiger charge is -2.13. The van der Waals surface area contributed by atoms with Crippen molar-refractivity contribution in [2.75, 3.05) is 11.9 Å². The Hall–Kier alpha value is -2.40. The summed E-state index contributed by atoms with van der Waals surface area (Å²) in [5.74, 6) is 0.415. The zero-order valence-corrected chi connectivity index (χ0v) is 15.0. The van der Waals surface area contributed by atoms with Gasteiger partial charge in [-0.15, -0.1) is 0 Å². The van der Waals surface area contributed by atoms with Crippen LogP contribution in [0.2, 0.25) is 0 Å². The summed E-state index contributed by atoms with van der Waals surface area (Å²) < 4.78 is 5.55. The van der Waals surface area contributed by atoms with Crippen molar-refractivity contribution in [2.24, 2.45) is 0 Å². The van der Waals surface area contributed by atoms with Crippen LogP contribution in [0.3, 0.4) is 0 Å². The fourth-order valence-corrected chi connectivity index (χ4v) is 2.37. The summed E-state index contributed by atoms with van der Waals surface area (Å²) in [6, 6.07) is 13.0. The van der Waals surface area contributed by atoms with E-state index in [9.17, 15) is 4.79 Å². The Kier molecular flexibility index (Phi) is 6.32. The zero-order chi connectivity index (χ0) is 17.5. The molecule has 0 saturated heterocycles. The van der Waals surface area contributed by atoms with Gasteiger partial charge in [0.05, 0.1) is 6.61 Å². The molecule has 2 rings (SSSR count). The molecule has 0 saturated carbocycles. The van der Waals surface area contributed by atoms with Crippen molar-refractivity contribution in [3.63, 3.8) is 0 Å². The van der Waals surface area contributed by atoms with Crippen LogP contribution in [0.1, 0.15) is 34.8 Å². The molecule has 2 aromatic carbocycles. The van der Waals surface area contributed by atoms with E-state index < -0.39 is 0 Å². The SMILES string of the molecule is CCCOc1cccc(C(=O)NC(=S)Nc2cccc(C)c2C)c1. The number of benzene rings is 2. The molecule has 126 valence electrons. The summed E-state index contributed by atoms with van der Waals surface area (Å²) in [5.41, 5.74) is 3.66. The van der Waals surface area contributed by atoms with Crippen LogP contribution in [0, 0.1) is 13.8 Å². The highest BCUT2D eigenvalue weighted by atomic mass is 32.1. The van der Waals surface area contributed by atoms with Gasteiger partial charge in [0.15, 0.2) is 5.11 Å². The average molecular weight is 342 g/mol. The number of thiocarbonyl (C=S) groups is 1.